The zero-order valence-electron chi connectivity index (χ0n) is 25.1. The van der Waals surface area contributed by atoms with Crippen molar-refractivity contribution in [2.75, 3.05) is 6.26 Å². The van der Waals surface area contributed by atoms with Crippen LogP contribution in [0.2, 0.25) is 0 Å². The third kappa shape index (κ3) is 5.49. The van der Waals surface area contributed by atoms with Gasteiger partial charge in [-0.05, 0) is 90.7 Å². The number of ether oxygens (including phenoxy) is 1. The minimum absolute atomic E-state index is 0. The molecule has 0 atom stereocenters. The van der Waals surface area contributed by atoms with Gasteiger partial charge in [-0.3, -0.25) is 4.68 Å². The van der Waals surface area contributed by atoms with Crippen molar-refractivity contribution in [3.63, 3.8) is 0 Å². The smallest absolute Gasteiger partial charge is 0.509 e. The van der Waals surface area contributed by atoms with Crippen LogP contribution in [0.25, 0.3) is 44.4 Å². The SMILES string of the molecule is CSc1cc(C)c(-c2cnn(-c3[c-]c(Oc4[c-]c5c(cc4)c4ccccc4n5-c4cc(C)ccn4)cc(C)c3)c2)c(C)c1.[Pt+2]. The van der Waals surface area contributed by atoms with E-state index in [-0.39, 0.29) is 21.1 Å². The molecule has 4 aromatic carbocycles. The van der Waals surface area contributed by atoms with E-state index >= 15 is 0 Å². The van der Waals surface area contributed by atoms with E-state index in [2.05, 4.69) is 116 Å². The van der Waals surface area contributed by atoms with Crippen LogP contribution in [0.4, 0.5) is 0 Å². The normalized spacial score (nSPS) is 11.2. The van der Waals surface area contributed by atoms with Crippen molar-refractivity contribution in [1.82, 2.24) is 19.3 Å². The second kappa shape index (κ2) is 12.1. The molecule has 5 nitrogen and oxygen atoms in total. The van der Waals surface area contributed by atoms with Gasteiger partial charge in [0, 0.05) is 39.9 Å². The molecule has 0 aliphatic carbocycles. The van der Waals surface area contributed by atoms with E-state index in [1.54, 1.807) is 11.8 Å². The molecule has 0 amide bonds. The Labute approximate surface area is 276 Å². The van der Waals surface area contributed by atoms with Gasteiger partial charge in [0.05, 0.1) is 6.20 Å². The van der Waals surface area contributed by atoms with Crippen LogP contribution in [0, 0.1) is 39.8 Å². The zero-order chi connectivity index (χ0) is 29.7. The van der Waals surface area contributed by atoms with Crippen molar-refractivity contribution in [3.05, 3.63) is 126 Å². The third-order valence-electron chi connectivity index (χ3n) is 7.74. The maximum Gasteiger partial charge on any atom is 2.00 e. The topological polar surface area (TPSA) is 44.9 Å². The zero-order valence-corrected chi connectivity index (χ0v) is 28.2. The molecule has 0 saturated heterocycles. The van der Waals surface area contributed by atoms with Crippen LogP contribution >= 0.6 is 11.8 Å². The molecule has 0 saturated carbocycles. The summed E-state index contributed by atoms with van der Waals surface area (Å²) >= 11 is 1.76. The minimum Gasteiger partial charge on any atom is -0.509 e. The number of pyridine rings is 1. The van der Waals surface area contributed by atoms with Crippen LogP contribution in [0.3, 0.4) is 0 Å². The number of thioether (sulfide) groups is 1. The number of aryl methyl sites for hydroxylation is 4. The number of nitrogens with zero attached hydrogens (tertiary/aromatic N) is 4. The molecule has 0 fully saturated rings. The Morgan fingerprint density at radius 1 is 0.795 bits per heavy atom. The molecular formula is C37H30N4OPtS. The van der Waals surface area contributed by atoms with E-state index in [1.165, 1.54) is 21.6 Å². The number of benzene rings is 4. The summed E-state index contributed by atoms with van der Waals surface area (Å²) in [7, 11) is 0. The molecule has 0 aliphatic heterocycles. The van der Waals surface area contributed by atoms with E-state index in [9.17, 15) is 0 Å². The van der Waals surface area contributed by atoms with Gasteiger partial charge in [-0.1, -0.05) is 30.6 Å². The summed E-state index contributed by atoms with van der Waals surface area (Å²) in [6.45, 7) is 8.45. The van der Waals surface area contributed by atoms with Gasteiger partial charge in [0.1, 0.15) is 5.82 Å². The molecule has 3 heterocycles. The van der Waals surface area contributed by atoms with Crippen LogP contribution in [0.5, 0.6) is 11.5 Å². The molecule has 0 aliphatic rings. The van der Waals surface area contributed by atoms with Crippen molar-refractivity contribution in [2.24, 2.45) is 0 Å². The van der Waals surface area contributed by atoms with Gasteiger partial charge in [0.25, 0.3) is 0 Å². The van der Waals surface area contributed by atoms with Crippen molar-refractivity contribution in [1.29, 1.82) is 0 Å². The number of para-hydroxylation sites is 1. The maximum atomic E-state index is 6.41. The van der Waals surface area contributed by atoms with E-state index in [0.29, 0.717) is 11.5 Å². The number of fused-ring (bicyclic) bond motifs is 3. The Morgan fingerprint density at radius 2 is 1.59 bits per heavy atom. The van der Waals surface area contributed by atoms with Gasteiger partial charge >= 0.3 is 21.1 Å². The largest absolute Gasteiger partial charge is 2.00 e. The Bertz CT molecular complexity index is 2140. The molecule has 0 unspecified atom stereocenters. The summed E-state index contributed by atoms with van der Waals surface area (Å²) in [4.78, 5) is 5.95. The summed E-state index contributed by atoms with van der Waals surface area (Å²) in [5.41, 5.74) is 9.79. The van der Waals surface area contributed by atoms with Gasteiger partial charge in [-0.2, -0.15) is 16.7 Å². The Balaban J connectivity index is 0.00000343. The number of hydrogen-bond donors (Lipinski definition) is 0. The van der Waals surface area contributed by atoms with E-state index in [4.69, 9.17) is 9.84 Å². The van der Waals surface area contributed by atoms with Crippen LogP contribution in [0.1, 0.15) is 22.3 Å². The summed E-state index contributed by atoms with van der Waals surface area (Å²) in [6, 6.07) is 32.0. The quantitative estimate of drug-likeness (QED) is 0.125. The Hall–Kier alpha value is -4.12. The molecule has 0 bridgehead atoms. The number of hydrogen-bond acceptors (Lipinski definition) is 4. The fourth-order valence-electron chi connectivity index (χ4n) is 5.85. The first-order valence-electron chi connectivity index (χ1n) is 14.2. The van der Waals surface area contributed by atoms with Gasteiger partial charge in [-0.15, -0.1) is 47.5 Å². The van der Waals surface area contributed by atoms with Gasteiger partial charge in [-0.25, -0.2) is 4.98 Å². The average Bonchev–Trinajstić information content (AvgIpc) is 3.59. The van der Waals surface area contributed by atoms with E-state index < -0.39 is 0 Å². The molecule has 0 N–H and O–H groups in total. The van der Waals surface area contributed by atoms with Crippen molar-refractivity contribution in [2.45, 2.75) is 32.6 Å². The van der Waals surface area contributed by atoms with Crippen LogP contribution in [0.15, 0.2) is 96.3 Å². The number of rotatable bonds is 6. The fourth-order valence-corrected chi connectivity index (χ4v) is 6.44. The third-order valence-corrected chi connectivity index (χ3v) is 8.45. The van der Waals surface area contributed by atoms with Crippen LogP contribution in [-0.4, -0.2) is 25.6 Å². The first kappa shape index (κ1) is 29.9. The standard InChI is InChI=1S/C37H30N4OS.Pt/c1-23-12-13-38-36(16-23)41-34-9-7-6-8-32(34)33-11-10-29(20-35(33)41)42-30-15-24(2)14-28(19-30)40-22-27(21-39-40)37-25(3)17-31(43-5)18-26(37)4;/h6-18,21-22H,1-5H3;/q-2;+2. The molecule has 0 spiro atoms. The van der Waals surface area contributed by atoms with Crippen LogP contribution < -0.4 is 4.74 Å². The number of aromatic nitrogens is 4. The Kier molecular flexibility index (Phi) is 8.23. The van der Waals surface area contributed by atoms with Gasteiger partial charge < -0.3 is 9.30 Å². The van der Waals surface area contributed by atoms with Gasteiger partial charge in [0.15, 0.2) is 0 Å². The predicted octanol–water partition coefficient (Wildman–Crippen LogP) is 9.38. The first-order valence-corrected chi connectivity index (χ1v) is 15.4. The summed E-state index contributed by atoms with van der Waals surface area (Å²) in [5.74, 6) is 2.07. The van der Waals surface area contributed by atoms with Crippen molar-refractivity contribution < 1.29 is 25.8 Å². The van der Waals surface area contributed by atoms with Gasteiger partial charge in [0.2, 0.25) is 0 Å². The second-order valence-electron chi connectivity index (χ2n) is 10.9. The molecule has 220 valence electrons. The molecule has 44 heavy (non-hydrogen) atoms. The maximum absolute atomic E-state index is 6.41. The summed E-state index contributed by atoms with van der Waals surface area (Å²) < 4.78 is 10.4. The molecule has 7 heteroatoms. The second-order valence-corrected chi connectivity index (χ2v) is 11.8. The van der Waals surface area contributed by atoms with E-state index in [1.807, 2.05) is 35.3 Å². The van der Waals surface area contributed by atoms with E-state index in [0.717, 1.165) is 50.0 Å². The minimum atomic E-state index is 0. The molecular weight excluding hydrogens is 744 g/mol. The summed E-state index contributed by atoms with van der Waals surface area (Å²) in [5, 5.41) is 6.95. The van der Waals surface area contributed by atoms with Crippen LogP contribution in [-0.2, 0) is 21.1 Å². The molecule has 3 aromatic heterocycles. The average molecular weight is 774 g/mol. The van der Waals surface area contributed by atoms with Crippen molar-refractivity contribution in [3.8, 4) is 34.1 Å². The molecule has 7 aromatic rings. The Morgan fingerprint density at radius 3 is 2.36 bits per heavy atom. The summed E-state index contributed by atoms with van der Waals surface area (Å²) in [6.07, 6.45) is 7.94. The molecule has 0 radical (unpaired) electrons. The fraction of sp³-hybridized carbons (Fsp3) is 0.135. The predicted molar refractivity (Wildman–Crippen MR) is 176 cm³/mol. The van der Waals surface area contributed by atoms with Crippen molar-refractivity contribution >= 4 is 33.6 Å². The monoisotopic (exact) mass is 773 g/mol. The first-order chi connectivity index (χ1) is 20.9. The molecule has 7 rings (SSSR count).